The third-order valence-electron chi connectivity index (χ3n) is 3.27. The Morgan fingerprint density at radius 3 is 2.83 bits per heavy atom. The number of hydrogen-bond donors (Lipinski definition) is 1. The molecule has 0 radical (unpaired) electrons. The average Bonchev–Trinajstić information content (AvgIpc) is 2.76. The first-order valence-electron chi connectivity index (χ1n) is 7.38. The Hall–Kier alpha value is -1.05. The van der Waals surface area contributed by atoms with Crippen LogP contribution in [0, 0.1) is 0 Å². The highest BCUT2D eigenvalue weighted by Crippen LogP contribution is 2.37. The van der Waals surface area contributed by atoms with Crippen LogP contribution in [-0.4, -0.2) is 33.4 Å². The van der Waals surface area contributed by atoms with E-state index in [2.05, 4.69) is 22.9 Å². The number of halogens is 1. The Bertz CT molecular complexity index is 661. The summed E-state index contributed by atoms with van der Waals surface area (Å²) < 4.78 is 6.68. The van der Waals surface area contributed by atoms with Gasteiger partial charge in [-0.1, -0.05) is 53.3 Å². The van der Waals surface area contributed by atoms with Crippen LogP contribution in [0.5, 0.6) is 11.5 Å². The van der Waals surface area contributed by atoms with Crippen LogP contribution in [0.3, 0.4) is 0 Å². The van der Waals surface area contributed by atoms with Crippen molar-refractivity contribution >= 4 is 56.2 Å². The van der Waals surface area contributed by atoms with E-state index in [4.69, 9.17) is 17.0 Å². The zero-order chi connectivity index (χ0) is 17.0. The molecule has 0 saturated carbocycles. The van der Waals surface area contributed by atoms with Gasteiger partial charge in [-0.25, -0.2) is 0 Å². The Labute approximate surface area is 154 Å². The van der Waals surface area contributed by atoms with Gasteiger partial charge >= 0.3 is 0 Å². The van der Waals surface area contributed by atoms with E-state index in [1.165, 1.54) is 11.8 Å². The largest absolute Gasteiger partial charge is 0.504 e. The summed E-state index contributed by atoms with van der Waals surface area (Å²) in [5.74, 6) is 0.390. The molecule has 1 fully saturated rings. The third kappa shape index (κ3) is 4.28. The molecule has 1 heterocycles. The van der Waals surface area contributed by atoms with Crippen molar-refractivity contribution < 1.29 is 14.6 Å². The summed E-state index contributed by atoms with van der Waals surface area (Å²) in [5, 5.41) is 9.86. The molecule has 1 N–H and O–H groups in total. The normalized spacial score (nSPS) is 16.5. The minimum atomic E-state index is -0.0635. The maximum Gasteiger partial charge on any atom is 0.266 e. The lowest BCUT2D eigenvalue weighted by Crippen LogP contribution is -2.28. The molecular weight excluding hydrogens is 398 g/mol. The number of benzene rings is 1. The van der Waals surface area contributed by atoms with Crippen molar-refractivity contribution in [3.05, 3.63) is 27.1 Å². The predicted octanol–water partition coefficient (Wildman–Crippen LogP) is 4.55. The highest BCUT2D eigenvalue weighted by Gasteiger charge is 2.31. The van der Waals surface area contributed by atoms with Crippen LogP contribution >= 0.6 is 39.9 Å². The van der Waals surface area contributed by atoms with Gasteiger partial charge in [0, 0.05) is 11.0 Å². The molecule has 1 aromatic rings. The van der Waals surface area contributed by atoms with Gasteiger partial charge < -0.3 is 9.84 Å². The summed E-state index contributed by atoms with van der Waals surface area (Å²) in [6.07, 6.45) is 3.71. The van der Waals surface area contributed by atoms with Crippen molar-refractivity contribution in [3.8, 4) is 11.5 Å². The number of hydrogen-bond acceptors (Lipinski definition) is 5. The Balaban J connectivity index is 2.30. The summed E-state index contributed by atoms with van der Waals surface area (Å²) in [7, 11) is 0. The van der Waals surface area contributed by atoms with E-state index in [0.29, 0.717) is 32.6 Å². The number of thioether (sulfide) groups is 1. The second kappa shape index (κ2) is 8.17. The molecule has 0 aromatic heterocycles. The first kappa shape index (κ1) is 18.3. The molecule has 0 aliphatic carbocycles. The number of unbranched alkanes of at least 4 members (excludes halogenated alkanes) is 1. The van der Waals surface area contributed by atoms with E-state index in [9.17, 15) is 9.90 Å². The summed E-state index contributed by atoms with van der Waals surface area (Å²) >= 11 is 10.0. The number of carbonyl (C=O) groups is 1. The number of ether oxygens (including phenoxy) is 1. The summed E-state index contributed by atoms with van der Waals surface area (Å²) in [6.45, 7) is 5.03. The number of amides is 1. The fourth-order valence-electron chi connectivity index (χ4n) is 2.09. The maximum absolute atomic E-state index is 12.5. The Morgan fingerprint density at radius 1 is 1.43 bits per heavy atom. The highest BCUT2D eigenvalue weighted by atomic mass is 79.9. The van der Waals surface area contributed by atoms with E-state index in [0.717, 1.165) is 18.4 Å². The Morgan fingerprint density at radius 2 is 2.17 bits per heavy atom. The zero-order valence-electron chi connectivity index (χ0n) is 13.0. The molecular formula is C16H18BrNO3S2. The van der Waals surface area contributed by atoms with Gasteiger partial charge in [-0.15, -0.1) is 0 Å². The van der Waals surface area contributed by atoms with Gasteiger partial charge in [0.2, 0.25) is 0 Å². The second-order valence-corrected chi connectivity index (χ2v) is 7.49. The standard InChI is InChI=1S/C16H18BrNO3S2/c1-3-5-6-18-15(20)14(23-16(18)22)8-10-7-13(21-4-2)12(19)9-11(10)17/h7-9,19H,3-6H2,1-2H3/b14-8-. The van der Waals surface area contributed by atoms with Crippen LogP contribution < -0.4 is 4.74 Å². The molecule has 4 nitrogen and oxygen atoms in total. The van der Waals surface area contributed by atoms with Gasteiger partial charge in [0.15, 0.2) is 11.5 Å². The van der Waals surface area contributed by atoms with E-state index in [-0.39, 0.29) is 11.7 Å². The van der Waals surface area contributed by atoms with E-state index >= 15 is 0 Å². The summed E-state index contributed by atoms with van der Waals surface area (Å²) in [5.41, 5.74) is 0.766. The monoisotopic (exact) mass is 415 g/mol. The lowest BCUT2D eigenvalue weighted by Gasteiger charge is -2.13. The van der Waals surface area contributed by atoms with Crippen LogP contribution in [-0.2, 0) is 4.79 Å². The topological polar surface area (TPSA) is 49.8 Å². The zero-order valence-corrected chi connectivity index (χ0v) is 16.2. The van der Waals surface area contributed by atoms with Crippen molar-refractivity contribution in [1.29, 1.82) is 0 Å². The summed E-state index contributed by atoms with van der Waals surface area (Å²) in [6, 6.07) is 3.27. The van der Waals surface area contributed by atoms with Gasteiger partial charge in [-0.2, -0.15) is 0 Å². The van der Waals surface area contributed by atoms with Gasteiger partial charge in [-0.05, 0) is 37.1 Å². The molecule has 1 aromatic carbocycles. The van der Waals surface area contributed by atoms with Crippen molar-refractivity contribution in [3.63, 3.8) is 0 Å². The van der Waals surface area contributed by atoms with Crippen LogP contribution in [0.15, 0.2) is 21.5 Å². The fourth-order valence-corrected chi connectivity index (χ4v) is 3.84. The smallest absolute Gasteiger partial charge is 0.266 e. The fraction of sp³-hybridized carbons (Fsp3) is 0.375. The molecule has 23 heavy (non-hydrogen) atoms. The van der Waals surface area contributed by atoms with Crippen molar-refractivity contribution in [2.24, 2.45) is 0 Å². The van der Waals surface area contributed by atoms with Gasteiger partial charge in [-0.3, -0.25) is 9.69 Å². The van der Waals surface area contributed by atoms with E-state index < -0.39 is 0 Å². The van der Waals surface area contributed by atoms with Gasteiger partial charge in [0.25, 0.3) is 5.91 Å². The van der Waals surface area contributed by atoms with Crippen LogP contribution in [0.25, 0.3) is 6.08 Å². The maximum atomic E-state index is 12.5. The lowest BCUT2D eigenvalue weighted by atomic mass is 10.2. The molecule has 0 spiro atoms. The quantitative estimate of drug-likeness (QED) is 0.545. The lowest BCUT2D eigenvalue weighted by molar-refractivity contribution is -0.122. The molecule has 1 saturated heterocycles. The first-order valence-corrected chi connectivity index (χ1v) is 9.40. The SMILES string of the molecule is CCCCN1C(=O)/C(=C/c2cc(OCC)c(O)cc2Br)SC1=S. The van der Waals surface area contributed by atoms with Crippen LogP contribution in [0.2, 0.25) is 0 Å². The number of thiocarbonyl (C=S) groups is 1. The number of phenols is 1. The molecule has 1 aliphatic heterocycles. The molecule has 2 rings (SSSR count). The van der Waals surface area contributed by atoms with Crippen molar-refractivity contribution in [2.45, 2.75) is 26.7 Å². The van der Waals surface area contributed by atoms with Gasteiger partial charge in [0.05, 0.1) is 11.5 Å². The van der Waals surface area contributed by atoms with Gasteiger partial charge in [0.1, 0.15) is 4.32 Å². The number of rotatable bonds is 6. The minimum absolute atomic E-state index is 0.0615. The molecule has 0 bridgehead atoms. The summed E-state index contributed by atoms with van der Waals surface area (Å²) in [4.78, 5) is 14.7. The van der Waals surface area contributed by atoms with Crippen molar-refractivity contribution in [2.75, 3.05) is 13.2 Å². The number of carbonyl (C=O) groups excluding carboxylic acids is 1. The predicted molar refractivity (Wildman–Crippen MR) is 102 cm³/mol. The number of aromatic hydroxyl groups is 1. The average molecular weight is 416 g/mol. The highest BCUT2D eigenvalue weighted by molar-refractivity contribution is 9.10. The van der Waals surface area contributed by atoms with Crippen LogP contribution in [0.4, 0.5) is 0 Å². The molecule has 0 unspecified atom stereocenters. The number of nitrogens with zero attached hydrogens (tertiary/aromatic N) is 1. The van der Waals surface area contributed by atoms with Crippen molar-refractivity contribution in [1.82, 2.24) is 4.90 Å². The molecule has 1 amide bonds. The van der Waals surface area contributed by atoms with Crippen LogP contribution in [0.1, 0.15) is 32.3 Å². The molecule has 124 valence electrons. The minimum Gasteiger partial charge on any atom is -0.504 e. The van der Waals surface area contributed by atoms with E-state index in [1.54, 1.807) is 23.1 Å². The third-order valence-corrected chi connectivity index (χ3v) is 5.34. The molecule has 1 aliphatic rings. The first-order chi connectivity index (χ1) is 11.0. The second-order valence-electron chi connectivity index (χ2n) is 4.96. The molecule has 0 atom stereocenters. The van der Waals surface area contributed by atoms with E-state index in [1.807, 2.05) is 6.92 Å². The Kier molecular flexibility index (Phi) is 6.50. The molecule has 7 heteroatoms. The number of phenolic OH excluding ortho intramolecular Hbond substituents is 1.